The molecule has 0 bridgehead atoms. The minimum Gasteiger partial charge on any atom is -0.460 e. The number of pyridine rings is 1. The molecule has 0 unspecified atom stereocenters. The van der Waals surface area contributed by atoms with Crippen molar-refractivity contribution in [3.05, 3.63) is 29.6 Å². The predicted molar refractivity (Wildman–Crippen MR) is 96.4 cm³/mol. The van der Waals surface area contributed by atoms with E-state index in [-0.39, 0.29) is 23.6 Å². The predicted octanol–water partition coefficient (Wildman–Crippen LogP) is 2.08. The second-order valence-corrected chi connectivity index (χ2v) is 6.47. The molecule has 0 aliphatic heterocycles. The smallest absolute Gasteiger partial charge is 0.357 e. The Labute approximate surface area is 163 Å². The van der Waals surface area contributed by atoms with Gasteiger partial charge in [-0.2, -0.15) is 0 Å². The fraction of sp³-hybridized carbons (Fsp3) is 0.526. The van der Waals surface area contributed by atoms with Crippen molar-refractivity contribution in [2.75, 3.05) is 0 Å². The van der Waals surface area contributed by atoms with Crippen LogP contribution in [0.2, 0.25) is 0 Å². The van der Waals surface area contributed by atoms with Crippen LogP contribution in [-0.2, 0) is 28.5 Å². The summed E-state index contributed by atoms with van der Waals surface area (Å²) in [6.45, 7) is 9.40. The maximum Gasteiger partial charge on any atom is 0.357 e. The fourth-order valence-electron chi connectivity index (χ4n) is 1.86. The molecule has 0 N–H and O–H groups in total. The molecule has 2 atom stereocenters. The molecule has 0 saturated carbocycles. The summed E-state index contributed by atoms with van der Waals surface area (Å²) >= 11 is 0. The van der Waals surface area contributed by atoms with Gasteiger partial charge >= 0.3 is 23.9 Å². The third-order valence-electron chi connectivity index (χ3n) is 3.10. The first-order valence-corrected chi connectivity index (χ1v) is 8.81. The molecular weight excluding hydrogens is 370 g/mol. The Kier molecular flexibility index (Phi) is 8.56. The van der Waals surface area contributed by atoms with E-state index in [9.17, 15) is 19.2 Å². The van der Waals surface area contributed by atoms with Crippen molar-refractivity contribution in [3.63, 3.8) is 0 Å². The van der Waals surface area contributed by atoms with Crippen LogP contribution in [0.5, 0.6) is 0 Å². The number of ether oxygens (including phenoxy) is 4. The lowest BCUT2D eigenvalue weighted by atomic mass is 10.3. The monoisotopic (exact) mass is 395 g/mol. The zero-order valence-corrected chi connectivity index (χ0v) is 16.8. The van der Waals surface area contributed by atoms with Gasteiger partial charge in [-0.1, -0.05) is 6.07 Å². The molecule has 9 nitrogen and oxygen atoms in total. The highest BCUT2D eigenvalue weighted by Gasteiger charge is 2.25. The summed E-state index contributed by atoms with van der Waals surface area (Å²) in [6, 6.07) is 4.03. The minimum atomic E-state index is -1.14. The normalized spacial score (nSPS) is 12.9. The molecule has 1 aromatic rings. The molecule has 0 fully saturated rings. The van der Waals surface area contributed by atoms with Crippen LogP contribution in [-0.4, -0.2) is 53.3 Å². The van der Waals surface area contributed by atoms with Gasteiger partial charge in [-0.3, -0.25) is 0 Å². The van der Waals surface area contributed by atoms with E-state index in [0.717, 1.165) is 0 Å². The van der Waals surface area contributed by atoms with Gasteiger partial charge in [0, 0.05) is 0 Å². The Morgan fingerprint density at radius 1 is 0.679 bits per heavy atom. The first-order valence-electron chi connectivity index (χ1n) is 8.81. The maximum atomic E-state index is 12.2. The standard InChI is InChI=1S/C19H25NO8/c1-10(2)25-16(21)12(5)27-18(23)14-8-7-9-15(20-14)19(24)28-13(6)17(22)26-11(3)4/h7-13H,1-6H3/t12-,13-/m1/s1. The highest BCUT2D eigenvalue weighted by Crippen LogP contribution is 2.08. The zero-order valence-electron chi connectivity index (χ0n) is 16.8. The van der Waals surface area contributed by atoms with Gasteiger partial charge in [0.25, 0.3) is 0 Å². The summed E-state index contributed by atoms with van der Waals surface area (Å²) < 4.78 is 19.9. The molecule has 0 aromatic carbocycles. The zero-order chi connectivity index (χ0) is 21.4. The molecule has 0 spiro atoms. The summed E-state index contributed by atoms with van der Waals surface area (Å²) in [7, 11) is 0. The summed E-state index contributed by atoms with van der Waals surface area (Å²) in [5.41, 5.74) is -0.396. The Morgan fingerprint density at radius 3 is 1.36 bits per heavy atom. The quantitative estimate of drug-likeness (QED) is 0.481. The molecule has 0 saturated heterocycles. The van der Waals surface area contributed by atoms with E-state index >= 15 is 0 Å². The van der Waals surface area contributed by atoms with E-state index in [1.54, 1.807) is 27.7 Å². The van der Waals surface area contributed by atoms with E-state index in [2.05, 4.69) is 4.98 Å². The summed E-state index contributed by atoms with van der Waals surface area (Å²) in [4.78, 5) is 51.6. The summed E-state index contributed by atoms with van der Waals surface area (Å²) in [5, 5.41) is 0. The summed E-state index contributed by atoms with van der Waals surface area (Å²) in [6.07, 6.45) is -2.99. The Bertz CT molecular complexity index is 671. The third-order valence-corrected chi connectivity index (χ3v) is 3.10. The molecule has 1 heterocycles. The van der Waals surface area contributed by atoms with Gasteiger partial charge in [-0.25, -0.2) is 24.2 Å². The lowest BCUT2D eigenvalue weighted by Crippen LogP contribution is -2.29. The van der Waals surface area contributed by atoms with Crippen molar-refractivity contribution < 1.29 is 38.1 Å². The minimum absolute atomic E-state index is 0.198. The van der Waals surface area contributed by atoms with Crippen LogP contribution >= 0.6 is 0 Å². The van der Waals surface area contributed by atoms with Gasteiger partial charge in [0.05, 0.1) is 12.2 Å². The first kappa shape index (κ1) is 23.1. The van der Waals surface area contributed by atoms with Crippen LogP contribution in [0, 0.1) is 0 Å². The van der Waals surface area contributed by atoms with E-state index in [1.165, 1.54) is 32.0 Å². The van der Waals surface area contributed by atoms with Crippen molar-refractivity contribution in [2.45, 2.75) is 66.0 Å². The molecule has 28 heavy (non-hydrogen) atoms. The van der Waals surface area contributed by atoms with Gasteiger partial charge in [-0.05, 0) is 53.7 Å². The largest absolute Gasteiger partial charge is 0.460 e. The van der Waals surface area contributed by atoms with Crippen LogP contribution in [0.3, 0.4) is 0 Å². The van der Waals surface area contributed by atoms with Gasteiger partial charge in [0.2, 0.25) is 0 Å². The lowest BCUT2D eigenvalue weighted by Gasteiger charge is -2.15. The second-order valence-electron chi connectivity index (χ2n) is 6.47. The van der Waals surface area contributed by atoms with Crippen molar-refractivity contribution in [1.82, 2.24) is 4.98 Å². The summed E-state index contributed by atoms with van der Waals surface area (Å²) in [5.74, 6) is -3.21. The number of hydrogen-bond donors (Lipinski definition) is 0. The van der Waals surface area contributed by atoms with E-state index in [4.69, 9.17) is 18.9 Å². The number of nitrogens with zero attached hydrogens (tertiary/aromatic N) is 1. The highest BCUT2D eigenvalue weighted by atomic mass is 16.6. The average molecular weight is 395 g/mol. The highest BCUT2D eigenvalue weighted by molar-refractivity contribution is 5.93. The first-order chi connectivity index (χ1) is 13.0. The van der Waals surface area contributed by atoms with Gasteiger partial charge < -0.3 is 18.9 Å². The fourth-order valence-corrected chi connectivity index (χ4v) is 1.86. The van der Waals surface area contributed by atoms with E-state index in [0.29, 0.717) is 0 Å². The third kappa shape index (κ3) is 7.34. The Balaban J connectivity index is 2.77. The maximum absolute atomic E-state index is 12.2. The SMILES string of the molecule is CC(C)OC(=O)[C@@H](C)OC(=O)c1cccc(C(=O)O[C@H](C)C(=O)OC(C)C)n1. The molecule has 0 aliphatic carbocycles. The number of esters is 4. The molecule has 154 valence electrons. The number of aromatic nitrogens is 1. The number of carbonyl (C=O) groups is 4. The molecular formula is C19H25NO8. The molecule has 1 aromatic heterocycles. The van der Waals surface area contributed by atoms with Crippen LogP contribution in [0.1, 0.15) is 62.5 Å². The van der Waals surface area contributed by atoms with Gasteiger partial charge in [-0.15, -0.1) is 0 Å². The molecule has 0 aliphatic rings. The van der Waals surface area contributed by atoms with Gasteiger partial charge in [0.1, 0.15) is 11.4 Å². The van der Waals surface area contributed by atoms with Gasteiger partial charge in [0.15, 0.2) is 12.2 Å². The van der Waals surface area contributed by atoms with E-state index < -0.39 is 36.1 Å². The topological polar surface area (TPSA) is 118 Å². The van der Waals surface area contributed by atoms with Crippen molar-refractivity contribution >= 4 is 23.9 Å². The Hall–Kier alpha value is -2.97. The van der Waals surface area contributed by atoms with Crippen LogP contribution < -0.4 is 0 Å². The van der Waals surface area contributed by atoms with Crippen LogP contribution in [0.15, 0.2) is 18.2 Å². The van der Waals surface area contributed by atoms with Crippen LogP contribution in [0.25, 0.3) is 0 Å². The number of hydrogen-bond acceptors (Lipinski definition) is 9. The Morgan fingerprint density at radius 2 is 1.04 bits per heavy atom. The van der Waals surface area contributed by atoms with E-state index in [1.807, 2.05) is 0 Å². The average Bonchev–Trinajstić information content (AvgIpc) is 2.60. The molecule has 0 amide bonds. The molecule has 0 radical (unpaired) electrons. The number of rotatable bonds is 8. The molecule has 9 heteroatoms. The second kappa shape index (κ2) is 10.4. The van der Waals surface area contributed by atoms with Crippen molar-refractivity contribution in [1.29, 1.82) is 0 Å². The number of carbonyl (C=O) groups excluding carboxylic acids is 4. The van der Waals surface area contributed by atoms with Crippen molar-refractivity contribution in [2.24, 2.45) is 0 Å². The van der Waals surface area contributed by atoms with Crippen molar-refractivity contribution in [3.8, 4) is 0 Å². The van der Waals surface area contributed by atoms with Crippen LogP contribution in [0.4, 0.5) is 0 Å². The molecule has 1 rings (SSSR count). The lowest BCUT2D eigenvalue weighted by molar-refractivity contribution is -0.157.